The molecule has 0 radical (unpaired) electrons. The van der Waals surface area contributed by atoms with Crippen LogP contribution >= 0.6 is 0 Å². The van der Waals surface area contributed by atoms with Crippen molar-refractivity contribution in [2.75, 3.05) is 13.2 Å². The van der Waals surface area contributed by atoms with Gasteiger partial charge in [-0.2, -0.15) is 0 Å². The zero-order valence-electron chi connectivity index (χ0n) is 29.1. The molecule has 49 heavy (non-hydrogen) atoms. The summed E-state index contributed by atoms with van der Waals surface area (Å²) in [6, 6.07) is 40.7. The fourth-order valence-corrected chi connectivity index (χ4v) is 13.3. The van der Waals surface area contributed by atoms with E-state index in [4.69, 9.17) is 4.43 Å². The zero-order valence-corrected chi connectivity index (χ0v) is 30.1. The van der Waals surface area contributed by atoms with Gasteiger partial charge in [0.15, 0.2) is 0 Å². The highest BCUT2D eigenvalue weighted by Gasteiger charge is 2.54. The highest BCUT2D eigenvalue weighted by molar-refractivity contribution is 6.99. The number of amides is 1. The predicted octanol–water partition coefficient (Wildman–Crippen LogP) is 8.48. The summed E-state index contributed by atoms with van der Waals surface area (Å²) < 4.78 is 7.38. The van der Waals surface area contributed by atoms with Crippen molar-refractivity contribution in [3.63, 3.8) is 0 Å². The lowest BCUT2D eigenvalue weighted by Gasteiger charge is -2.46. The van der Waals surface area contributed by atoms with E-state index in [2.05, 4.69) is 153 Å². The summed E-state index contributed by atoms with van der Waals surface area (Å²) in [6.45, 7) is 13.2. The van der Waals surface area contributed by atoms with Crippen LogP contribution in [0.15, 0.2) is 140 Å². The number of nitrogens with one attached hydrogen (secondary N) is 1. The number of hydrogen-bond donors (Lipinski definition) is 1. The van der Waals surface area contributed by atoms with Crippen molar-refractivity contribution in [3.05, 3.63) is 156 Å². The number of likely N-dealkylation sites (tertiary alicyclic amines) is 1. The number of carbonyl (C=O) groups excluding carboxylic acids is 1. The topological polar surface area (TPSA) is 45.3 Å². The van der Waals surface area contributed by atoms with Crippen molar-refractivity contribution >= 4 is 35.5 Å². The first kappa shape index (κ1) is 33.1. The van der Waals surface area contributed by atoms with Crippen LogP contribution < -0.4 is 10.4 Å². The molecule has 4 aromatic carbocycles. The molecule has 1 aromatic heterocycles. The Labute approximate surface area is 292 Å². The molecule has 0 bridgehead atoms. The molecular formula is C44H48N2O2Si. The van der Waals surface area contributed by atoms with Gasteiger partial charge in [0.25, 0.3) is 8.32 Å². The Morgan fingerprint density at radius 2 is 1.51 bits per heavy atom. The third-order valence-electron chi connectivity index (χ3n) is 11.0. The average Bonchev–Trinajstić information content (AvgIpc) is 3.42. The Morgan fingerprint density at radius 3 is 2.14 bits per heavy atom. The van der Waals surface area contributed by atoms with Gasteiger partial charge in [-0.15, -0.1) is 6.58 Å². The van der Waals surface area contributed by atoms with E-state index in [0.717, 1.165) is 42.6 Å². The number of piperidine rings is 1. The van der Waals surface area contributed by atoms with Crippen molar-refractivity contribution in [1.29, 1.82) is 0 Å². The van der Waals surface area contributed by atoms with Crippen LogP contribution in [0.1, 0.15) is 56.9 Å². The van der Waals surface area contributed by atoms with E-state index in [1.807, 2.05) is 12.1 Å². The Bertz CT molecular complexity index is 1920. The molecule has 0 saturated carbocycles. The van der Waals surface area contributed by atoms with Crippen LogP contribution in [0.2, 0.25) is 5.04 Å². The molecule has 5 aromatic rings. The maximum absolute atomic E-state index is 15.0. The molecule has 1 aliphatic carbocycles. The Hall–Kier alpha value is -4.45. The van der Waals surface area contributed by atoms with Crippen LogP contribution in [-0.2, 0) is 27.6 Å². The number of allylic oxidation sites excluding steroid dienone is 2. The first-order chi connectivity index (χ1) is 23.8. The summed E-state index contributed by atoms with van der Waals surface area (Å²) >= 11 is 0. The second-order valence-electron chi connectivity index (χ2n) is 14.9. The third kappa shape index (κ3) is 5.83. The number of carbonyl (C=O) groups is 1. The lowest BCUT2D eigenvalue weighted by atomic mass is 9.65. The highest BCUT2D eigenvalue weighted by Crippen LogP contribution is 2.49. The maximum atomic E-state index is 15.0. The van der Waals surface area contributed by atoms with Crippen molar-refractivity contribution in [2.24, 2.45) is 5.92 Å². The average molecular weight is 665 g/mol. The van der Waals surface area contributed by atoms with E-state index in [1.165, 1.54) is 26.9 Å². The lowest BCUT2D eigenvalue weighted by molar-refractivity contribution is -0.143. The maximum Gasteiger partial charge on any atom is 0.261 e. The van der Waals surface area contributed by atoms with Crippen molar-refractivity contribution in [1.82, 2.24) is 9.88 Å². The van der Waals surface area contributed by atoms with E-state index < -0.39 is 13.7 Å². The second-order valence-corrected chi connectivity index (χ2v) is 19.2. The number of fused-ring (bicyclic) bond motifs is 5. The Morgan fingerprint density at radius 1 is 0.898 bits per heavy atom. The molecule has 2 atom stereocenters. The number of aromatic nitrogens is 1. The summed E-state index contributed by atoms with van der Waals surface area (Å²) in [7, 11) is -2.68. The van der Waals surface area contributed by atoms with Gasteiger partial charge in [0.2, 0.25) is 5.91 Å². The number of para-hydroxylation sites is 1. The number of H-pyrrole nitrogens is 1. The van der Waals surface area contributed by atoms with Crippen molar-refractivity contribution < 1.29 is 9.22 Å². The van der Waals surface area contributed by atoms with Crippen molar-refractivity contribution in [3.8, 4) is 0 Å². The first-order valence-corrected chi connectivity index (χ1v) is 19.7. The summed E-state index contributed by atoms with van der Waals surface area (Å²) in [5.41, 5.74) is 5.18. The van der Waals surface area contributed by atoms with Gasteiger partial charge in [0, 0.05) is 36.3 Å². The summed E-state index contributed by atoms with van der Waals surface area (Å²) in [4.78, 5) is 20.8. The van der Waals surface area contributed by atoms with E-state index >= 15 is 0 Å². The molecule has 4 nitrogen and oxygen atoms in total. The van der Waals surface area contributed by atoms with E-state index in [1.54, 1.807) is 0 Å². The second kappa shape index (κ2) is 13.5. The van der Waals surface area contributed by atoms with Gasteiger partial charge in [-0.05, 0) is 64.2 Å². The molecule has 1 fully saturated rings. The van der Waals surface area contributed by atoms with Crippen LogP contribution in [0.3, 0.4) is 0 Å². The molecule has 5 heteroatoms. The SMILES string of the molecule is C=CC[C@]12C(=O)N(Cc3ccccc3)CC[C@H]1C=C(CCO[Si](c1ccccc1)(c1ccccc1)C(C)(C)C)Cc1c2[nH]c2ccccc12. The fourth-order valence-electron chi connectivity index (χ4n) is 8.73. The number of aromatic amines is 1. The Balaban J connectivity index is 1.28. The standard InChI is InChI=1S/C44H48N2O2Si/c1-5-27-44-35(25-28-46(42(44)47)32-33-17-9-6-10-18-33)30-34(31-39-38-23-15-16-24-40(38)45-41(39)44)26-29-48-49(43(2,3)4,36-19-11-7-12-20-36)37-21-13-8-14-22-37/h5-24,30,35,45H,1,25-29,31-32H2,2-4H3/t35-,44-/m0/s1. The summed E-state index contributed by atoms with van der Waals surface area (Å²) in [6.07, 6.45) is 7.51. The Kier molecular flexibility index (Phi) is 9.08. The minimum Gasteiger partial charge on any atom is -0.407 e. The quantitative estimate of drug-likeness (QED) is 0.120. The highest BCUT2D eigenvalue weighted by atomic mass is 28.4. The normalized spacial score (nSPS) is 19.6. The molecule has 1 aliphatic heterocycles. The number of nitrogens with zero attached hydrogens (tertiary/aromatic N) is 1. The molecule has 2 aliphatic rings. The van der Waals surface area contributed by atoms with Gasteiger partial charge in [-0.3, -0.25) is 4.79 Å². The molecule has 0 unspecified atom stereocenters. The molecule has 250 valence electrons. The van der Waals surface area contributed by atoms with Gasteiger partial charge < -0.3 is 14.3 Å². The van der Waals surface area contributed by atoms with Crippen LogP contribution in [0, 0.1) is 5.92 Å². The van der Waals surface area contributed by atoms with Gasteiger partial charge in [0.05, 0.1) is 5.41 Å². The van der Waals surface area contributed by atoms with Gasteiger partial charge in [-0.25, -0.2) is 0 Å². The van der Waals surface area contributed by atoms with Gasteiger partial charge in [0.1, 0.15) is 0 Å². The molecule has 0 spiro atoms. The molecular weight excluding hydrogens is 617 g/mol. The number of benzene rings is 4. The summed E-state index contributed by atoms with van der Waals surface area (Å²) in [5.74, 6) is 0.253. The van der Waals surface area contributed by atoms with Crippen LogP contribution in [-0.4, -0.2) is 37.3 Å². The van der Waals surface area contributed by atoms with Crippen molar-refractivity contribution in [2.45, 2.75) is 63.5 Å². The minimum atomic E-state index is -2.68. The molecule has 1 saturated heterocycles. The van der Waals surface area contributed by atoms with E-state index in [9.17, 15) is 4.79 Å². The monoisotopic (exact) mass is 664 g/mol. The molecule has 7 rings (SSSR count). The van der Waals surface area contributed by atoms with Crippen LogP contribution in [0.25, 0.3) is 10.9 Å². The number of rotatable bonds is 10. The van der Waals surface area contributed by atoms with Gasteiger partial charge in [-0.1, -0.05) is 148 Å². The van der Waals surface area contributed by atoms with Crippen LogP contribution in [0.5, 0.6) is 0 Å². The van der Waals surface area contributed by atoms with E-state index in [0.29, 0.717) is 19.6 Å². The largest absolute Gasteiger partial charge is 0.407 e. The predicted molar refractivity (Wildman–Crippen MR) is 205 cm³/mol. The smallest absolute Gasteiger partial charge is 0.261 e. The summed E-state index contributed by atoms with van der Waals surface area (Å²) in [5, 5.41) is 3.70. The fraction of sp³-hybridized carbons (Fsp3) is 0.295. The minimum absolute atomic E-state index is 0.0576. The molecule has 2 heterocycles. The van der Waals surface area contributed by atoms with E-state index in [-0.39, 0.29) is 16.9 Å². The third-order valence-corrected chi connectivity index (χ3v) is 16.0. The zero-order chi connectivity index (χ0) is 34.1. The lowest BCUT2D eigenvalue weighted by Crippen LogP contribution is -2.66. The van der Waals surface area contributed by atoms with Gasteiger partial charge >= 0.3 is 0 Å². The molecule has 1 N–H and O–H groups in total. The molecule has 1 amide bonds. The number of hydrogen-bond acceptors (Lipinski definition) is 2. The van der Waals surface area contributed by atoms with Crippen LogP contribution in [0.4, 0.5) is 0 Å². The first-order valence-electron chi connectivity index (χ1n) is 17.8.